The molecule has 0 bridgehead atoms. The van der Waals surface area contributed by atoms with Crippen molar-refractivity contribution < 1.29 is 14.3 Å². The predicted octanol–water partition coefficient (Wildman–Crippen LogP) is 5.22. The second-order valence-electron chi connectivity index (χ2n) is 8.04. The van der Waals surface area contributed by atoms with Gasteiger partial charge in [0.15, 0.2) is 11.8 Å². The number of thiophene rings is 1. The Hall–Kier alpha value is -3.15. The van der Waals surface area contributed by atoms with E-state index in [0.717, 1.165) is 16.4 Å². The summed E-state index contributed by atoms with van der Waals surface area (Å²) in [4.78, 5) is 42.7. The summed E-state index contributed by atoms with van der Waals surface area (Å²) in [5, 5.41) is 4.80. The lowest BCUT2D eigenvalue weighted by atomic mass is 10.0. The number of nitrogens with zero attached hydrogens (tertiary/aromatic N) is 2. The Kier molecular flexibility index (Phi) is 8.44. The number of carbonyl (C=O) groups excluding carboxylic acids is 2. The van der Waals surface area contributed by atoms with E-state index in [9.17, 15) is 14.4 Å². The van der Waals surface area contributed by atoms with Gasteiger partial charge in [0.25, 0.3) is 11.5 Å². The fourth-order valence-electron chi connectivity index (χ4n) is 3.23. The quantitative estimate of drug-likeness (QED) is 0.206. The maximum atomic E-state index is 13.1. The van der Waals surface area contributed by atoms with Gasteiger partial charge in [0.05, 0.1) is 15.7 Å². The second kappa shape index (κ2) is 11.7. The number of benzene rings is 2. The molecule has 2 aromatic heterocycles. The van der Waals surface area contributed by atoms with E-state index < -0.39 is 11.5 Å². The van der Waals surface area contributed by atoms with Crippen molar-refractivity contribution in [2.45, 2.75) is 24.9 Å². The highest BCUT2D eigenvalue weighted by atomic mass is 79.9. The summed E-state index contributed by atoms with van der Waals surface area (Å²) in [6.45, 7) is 3.90. The van der Waals surface area contributed by atoms with Crippen molar-refractivity contribution in [1.29, 1.82) is 0 Å². The number of nitrogens with one attached hydrogen (secondary N) is 2. The Morgan fingerprint density at radius 3 is 2.58 bits per heavy atom. The van der Waals surface area contributed by atoms with Gasteiger partial charge in [-0.3, -0.25) is 19.8 Å². The van der Waals surface area contributed by atoms with Gasteiger partial charge in [0.2, 0.25) is 5.91 Å². The Bertz CT molecular complexity index is 1450. The lowest BCUT2D eigenvalue weighted by molar-refractivity contribution is -0.119. The van der Waals surface area contributed by atoms with E-state index in [1.54, 1.807) is 29.6 Å². The summed E-state index contributed by atoms with van der Waals surface area (Å²) in [6.07, 6.45) is 0. The summed E-state index contributed by atoms with van der Waals surface area (Å²) in [5.41, 5.74) is 4.51. The number of rotatable bonds is 9. The summed E-state index contributed by atoms with van der Waals surface area (Å²) in [7, 11) is 0. The molecule has 0 aliphatic carbocycles. The minimum Gasteiger partial charge on any atom is -0.483 e. The van der Waals surface area contributed by atoms with Crippen LogP contribution in [0.2, 0.25) is 0 Å². The molecule has 0 saturated heterocycles. The van der Waals surface area contributed by atoms with E-state index in [0.29, 0.717) is 32.0 Å². The molecule has 2 heterocycles. The Morgan fingerprint density at radius 1 is 1.11 bits per heavy atom. The molecule has 0 spiro atoms. The zero-order valence-electron chi connectivity index (χ0n) is 19.5. The first kappa shape index (κ1) is 25.9. The molecular formula is C25H23BrN4O4S2. The number of para-hydroxylation sites is 1. The molecular weight excluding hydrogens is 564 g/mol. The fourth-order valence-corrected chi connectivity index (χ4v) is 5.14. The fraction of sp³-hybridized carbons (Fsp3) is 0.200. The molecule has 4 aromatic rings. The van der Waals surface area contributed by atoms with E-state index >= 15 is 0 Å². The molecule has 0 saturated carbocycles. The van der Waals surface area contributed by atoms with Crippen LogP contribution in [-0.4, -0.2) is 33.8 Å². The third-order valence-corrected chi connectivity index (χ3v) is 7.56. The van der Waals surface area contributed by atoms with E-state index in [2.05, 4.69) is 45.5 Å². The number of amides is 2. The lowest BCUT2D eigenvalue weighted by Crippen LogP contribution is -2.37. The van der Waals surface area contributed by atoms with Gasteiger partial charge in [0, 0.05) is 5.69 Å². The van der Waals surface area contributed by atoms with Crippen LogP contribution in [0.1, 0.15) is 25.3 Å². The highest BCUT2D eigenvalue weighted by molar-refractivity contribution is 9.10. The van der Waals surface area contributed by atoms with Crippen molar-refractivity contribution in [3.05, 3.63) is 80.4 Å². The first-order chi connectivity index (χ1) is 17.3. The number of anilines is 1. The second-order valence-corrected chi connectivity index (χ2v) is 10.8. The van der Waals surface area contributed by atoms with Crippen molar-refractivity contribution in [2.75, 3.05) is 23.1 Å². The maximum Gasteiger partial charge on any atom is 0.291 e. The molecule has 4 rings (SSSR count). The molecule has 186 valence electrons. The minimum absolute atomic E-state index is 0.00263. The number of ether oxygens (including phenoxy) is 1. The molecule has 0 fully saturated rings. The van der Waals surface area contributed by atoms with E-state index in [-0.39, 0.29) is 23.4 Å². The zero-order valence-corrected chi connectivity index (χ0v) is 22.7. The molecule has 36 heavy (non-hydrogen) atoms. The van der Waals surface area contributed by atoms with Gasteiger partial charge >= 0.3 is 0 Å². The predicted molar refractivity (Wildman–Crippen MR) is 148 cm³/mol. The molecule has 0 atom stereocenters. The van der Waals surface area contributed by atoms with Crippen LogP contribution in [-0.2, 0) is 9.59 Å². The number of hydrogen-bond acceptors (Lipinski definition) is 7. The van der Waals surface area contributed by atoms with Crippen LogP contribution in [0.4, 0.5) is 5.69 Å². The van der Waals surface area contributed by atoms with Crippen LogP contribution in [0, 0.1) is 0 Å². The maximum absolute atomic E-state index is 13.1. The minimum atomic E-state index is -0.540. The third kappa shape index (κ3) is 6.34. The number of thioether (sulfide) groups is 1. The van der Waals surface area contributed by atoms with Crippen LogP contribution in [0.3, 0.4) is 0 Å². The molecule has 2 N–H and O–H groups in total. The number of aromatic nitrogens is 2. The summed E-state index contributed by atoms with van der Waals surface area (Å²) in [6, 6.07) is 16.5. The molecule has 2 amide bonds. The van der Waals surface area contributed by atoms with Gasteiger partial charge in [-0.15, -0.1) is 11.3 Å². The Morgan fingerprint density at radius 2 is 1.86 bits per heavy atom. The van der Waals surface area contributed by atoms with Crippen molar-refractivity contribution in [3.63, 3.8) is 0 Å². The van der Waals surface area contributed by atoms with Crippen molar-refractivity contribution >= 4 is 66.7 Å². The molecule has 8 nitrogen and oxygen atoms in total. The zero-order chi connectivity index (χ0) is 25.7. The highest BCUT2D eigenvalue weighted by Crippen LogP contribution is 2.24. The summed E-state index contributed by atoms with van der Waals surface area (Å²) in [5.74, 6) is 0.0980. The van der Waals surface area contributed by atoms with E-state index in [1.165, 1.54) is 16.9 Å². The number of hydrogen-bond donors (Lipinski definition) is 2. The SMILES string of the molecule is CC(C)c1ccc(NC(=O)CSc2nc3ccsc3c(=O)n2NC(=O)COc2ccccc2Br)cc1. The molecule has 11 heteroatoms. The largest absolute Gasteiger partial charge is 0.483 e. The van der Waals surface area contributed by atoms with Gasteiger partial charge in [-0.05, 0) is 63.1 Å². The van der Waals surface area contributed by atoms with Crippen LogP contribution in [0.25, 0.3) is 10.2 Å². The molecule has 0 aliphatic rings. The average molecular weight is 588 g/mol. The summed E-state index contributed by atoms with van der Waals surface area (Å²) >= 11 is 5.65. The lowest BCUT2D eigenvalue weighted by Gasteiger charge is -2.14. The third-order valence-electron chi connectivity index (χ3n) is 5.07. The monoisotopic (exact) mass is 586 g/mol. The van der Waals surface area contributed by atoms with Crippen LogP contribution in [0.5, 0.6) is 5.75 Å². The van der Waals surface area contributed by atoms with Crippen LogP contribution in [0.15, 0.2) is 74.4 Å². The number of halogens is 1. The van der Waals surface area contributed by atoms with Gasteiger partial charge < -0.3 is 10.1 Å². The van der Waals surface area contributed by atoms with E-state index in [1.807, 2.05) is 30.3 Å². The molecule has 0 radical (unpaired) electrons. The van der Waals surface area contributed by atoms with Gasteiger partial charge in [-0.2, -0.15) is 4.68 Å². The standard InChI is InChI=1S/C25H23BrN4O4S2/c1-15(2)16-7-9-17(10-8-16)27-22(32)14-36-25-28-19-11-12-35-23(19)24(33)30(25)29-21(31)13-34-20-6-4-3-5-18(20)26/h3-12,15H,13-14H2,1-2H3,(H,27,32)(H,29,31). The average Bonchev–Trinajstić information content (AvgIpc) is 3.33. The highest BCUT2D eigenvalue weighted by Gasteiger charge is 2.17. The van der Waals surface area contributed by atoms with Gasteiger partial charge in [-0.1, -0.05) is 49.9 Å². The molecule has 0 aliphatic heterocycles. The topological polar surface area (TPSA) is 102 Å². The smallest absolute Gasteiger partial charge is 0.291 e. The molecule has 0 unspecified atom stereocenters. The van der Waals surface area contributed by atoms with Crippen molar-refractivity contribution in [1.82, 2.24) is 9.66 Å². The normalized spacial score (nSPS) is 11.0. The van der Waals surface area contributed by atoms with Gasteiger partial charge in [-0.25, -0.2) is 4.98 Å². The van der Waals surface area contributed by atoms with E-state index in [4.69, 9.17) is 4.74 Å². The van der Waals surface area contributed by atoms with Crippen molar-refractivity contribution in [2.24, 2.45) is 0 Å². The van der Waals surface area contributed by atoms with Crippen LogP contribution >= 0.6 is 39.0 Å². The molecule has 2 aromatic carbocycles. The first-order valence-electron chi connectivity index (χ1n) is 11.0. The van der Waals surface area contributed by atoms with Crippen molar-refractivity contribution in [3.8, 4) is 5.75 Å². The summed E-state index contributed by atoms with van der Waals surface area (Å²) < 4.78 is 7.73. The number of carbonyl (C=O) groups is 2. The Labute approximate surface area is 224 Å². The van der Waals surface area contributed by atoms with Gasteiger partial charge in [0.1, 0.15) is 10.4 Å². The number of fused-ring (bicyclic) bond motifs is 1. The van der Waals surface area contributed by atoms with Crippen LogP contribution < -0.4 is 21.0 Å². The first-order valence-corrected chi connectivity index (χ1v) is 13.7. The Balaban J connectivity index is 1.46.